The lowest BCUT2D eigenvalue weighted by Crippen LogP contribution is -2.13. The molecule has 1 N–H and O–H groups in total. The number of hydrogen-bond acceptors (Lipinski definition) is 3. The predicted octanol–water partition coefficient (Wildman–Crippen LogP) is 5.11. The van der Waals surface area contributed by atoms with Crippen molar-refractivity contribution in [1.29, 1.82) is 5.26 Å². The lowest BCUT2D eigenvalue weighted by Gasteiger charge is -2.04. The number of rotatable bonds is 4. The van der Waals surface area contributed by atoms with Crippen molar-refractivity contribution in [3.8, 4) is 17.4 Å². The Balaban J connectivity index is 1.80. The number of hydrogen-bond donors (Lipinski definition) is 1. The zero-order valence-corrected chi connectivity index (χ0v) is 14.6. The van der Waals surface area contributed by atoms with Crippen LogP contribution < -0.4 is 5.32 Å². The number of furan rings is 1. The zero-order chi connectivity index (χ0) is 18.5. The van der Waals surface area contributed by atoms with Crippen LogP contribution in [0.25, 0.3) is 17.4 Å². The Kier molecular flexibility index (Phi) is 5.00. The number of carbonyl (C=O) groups is 1. The predicted molar refractivity (Wildman–Crippen MR) is 102 cm³/mol. The molecule has 2 aromatic carbocycles. The first kappa shape index (κ1) is 17.2. The van der Waals surface area contributed by atoms with Crippen LogP contribution in [0.4, 0.5) is 5.69 Å². The molecule has 3 aromatic rings. The topological polar surface area (TPSA) is 66.0 Å². The Morgan fingerprint density at radius 2 is 1.81 bits per heavy atom. The third-order valence-corrected chi connectivity index (χ3v) is 3.89. The Hall–Kier alpha value is -3.58. The number of anilines is 1. The first-order chi connectivity index (χ1) is 12.5. The molecule has 0 atom stereocenters. The van der Waals surface area contributed by atoms with Crippen LogP contribution in [0.3, 0.4) is 0 Å². The largest absolute Gasteiger partial charge is 0.457 e. The van der Waals surface area contributed by atoms with Crippen LogP contribution in [0, 0.1) is 25.2 Å². The Bertz CT molecular complexity index is 1010. The first-order valence-electron chi connectivity index (χ1n) is 8.22. The second kappa shape index (κ2) is 7.54. The van der Waals surface area contributed by atoms with Crippen molar-refractivity contribution >= 4 is 17.7 Å². The average Bonchev–Trinajstić information content (AvgIpc) is 3.09. The fourth-order valence-corrected chi connectivity index (χ4v) is 2.52. The van der Waals surface area contributed by atoms with Crippen LogP contribution >= 0.6 is 0 Å². The van der Waals surface area contributed by atoms with Gasteiger partial charge in [-0.25, -0.2) is 0 Å². The van der Waals surface area contributed by atoms with E-state index in [1.807, 2.05) is 68.4 Å². The maximum atomic E-state index is 12.3. The minimum absolute atomic E-state index is 0.0173. The van der Waals surface area contributed by atoms with Gasteiger partial charge in [-0.1, -0.05) is 42.0 Å². The minimum atomic E-state index is -0.466. The summed E-state index contributed by atoms with van der Waals surface area (Å²) < 4.78 is 5.75. The third kappa shape index (κ3) is 4.08. The highest BCUT2D eigenvalue weighted by molar-refractivity contribution is 6.09. The van der Waals surface area contributed by atoms with Crippen LogP contribution in [0.15, 0.2) is 70.7 Å². The highest BCUT2D eigenvalue weighted by atomic mass is 16.3. The standard InChI is InChI=1S/C22H18N2O2/c1-15-6-8-17(9-7-15)21-11-10-20(26-21)13-18(14-23)22(25)24-19-5-3-4-16(2)12-19/h3-13H,1-2H3,(H,24,25)/b18-13-. The summed E-state index contributed by atoms with van der Waals surface area (Å²) in [6.45, 7) is 3.96. The van der Waals surface area contributed by atoms with Gasteiger partial charge in [0.1, 0.15) is 23.2 Å². The molecule has 1 heterocycles. The Morgan fingerprint density at radius 1 is 1.04 bits per heavy atom. The number of benzene rings is 2. The van der Waals surface area contributed by atoms with Gasteiger partial charge in [-0.3, -0.25) is 4.79 Å². The molecule has 0 radical (unpaired) electrons. The molecular formula is C22H18N2O2. The fraction of sp³-hybridized carbons (Fsp3) is 0.0909. The highest BCUT2D eigenvalue weighted by Crippen LogP contribution is 2.24. The van der Waals surface area contributed by atoms with Crippen LogP contribution in [0.1, 0.15) is 16.9 Å². The van der Waals surface area contributed by atoms with Crippen molar-refractivity contribution in [2.24, 2.45) is 0 Å². The van der Waals surface area contributed by atoms with E-state index in [4.69, 9.17) is 4.42 Å². The molecular weight excluding hydrogens is 324 g/mol. The molecule has 0 fully saturated rings. The molecule has 0 aliphatic carbocycles. The van der Waals surface area contributed by atoms with Crippen molar-refractivity contribution in [2.45, 2.75) is 13.8 Å². The maximum Gasteiger partial charge on any atom is 0.266 e. The van der Waals surface area contributed by atoms with Crippen molar-refractivity contribution < 1.29 is 9.21 Å². The number of aryl methyl sites for hydroxylation is 2. The normalized spacial score (nSPS) is 11.0. The molecule has 128 valence electrons. The van der Waals surface area contributed by atoms with Crippen molar-refractivity contribution in [3.05, 3.63) is 83.1 Å². The molecule has 1 aromatic heterocycles. The lowest BCUT2D eigenvalue weighted by atomic mass is 10.1. The molecule has 3 rings (SSSR count). The number of amides is 1. The van der Waals surface area contributed by atoms with Gasteiger partial charge in [0.25, 0.3) is 5.91 Å². The van der Waals surface area contributed by atoms with Gasteiger partial charge in [-0.2, -0.15) is 5.26 Å². The summed E-state index contributed by atoms with van der Waals surface area (Å²) in [4.78, 5) is 12.3. The summed E-state index contributed by atoms with van der Waals surface area (Å²) >= 11 is 0. The van der Waals surface area contributed by atoms with Crippen molar-refractivity contribution in [3.63, 3.8) is 0 Å². The van der Waals surface area contributed by atoms with Gasteiger partial charge in [0.15, 0.2) is 0 Å². The molecule has 26 heavy (non-hydrogen) atoms. The molecule has 0 aliphatic rings. The fourth-order valence-electron chi connectivity index (χ4n) is 2.52. The van der Waals surface area contributed by atoms with Gasteiger partial charge < -0.3 is 9.73 Å². The smallest absolute Gasteiger partial charge is 0.266 e. The van der Waals surface area contributed by atoms with E-state index in [0.717, 1.165) is 11.1 Å². The first-order valence-corrected chi connectivity index (χ1v) is 8.22. The van der Waals surface area contributed by atoms with Gasteiger partial charge in [0, 0.05) is 17.3 Å². The molecule has 0 saturated carbocycles. The molecule has 0 spiro atoms. The average molecular weight is 342 g/mol. The molecule has 0 unspecified atom stereocenters. The maximum absolute atomic E-state index is 12.3. The van der Waals surface area contributed by atoms with E-state index in [-0.39, 0.29) is 5.57 Å². The molecule has 1 amide bonds. The molecule has 0 aliphatic heterocycles. The summed E-state index contributed by atoms with van der Waals surface area (Å²) in [6.07, 6.45) is 1.45. The van der Waals surface area contributed by atoms with Crippen LogP contribution in [0.5, 0.6) is 0 Å². The third-order valence-electron chi connectivity index (χ3n) is 3.89. The number of nitriles is 1. The quantitative estimate of drug-likeness (QED) is 0.529. The second-order valence-electron chi connectivity index (χ2n) is 6.06. The van der Waals surface area contributed by atoms with Gasteiger partial charge in [-0.15, -0.1) is 0 Å². The van der Waals surface area contributed by atoms with Crippen molar-refractivity contribution in [1.82, 2.24) is 0 Å². The van der Waals surface area contributed by atoms with Gasteiger partial charge in [-0.05, 0) is 43.7 Å². The summed E-state index contributed by atoms with van der Waals surface area (Å²) in [5.41, 5.74) is 3.77. The molecule has 0 saturated heterocycles. The number of carbonyl (C=O) groups excluding carboxylic acids is 1. The number of nitrogens with one attached hydrogen (secondary N) is 1. The van der Waals surface area contributed by atoms with E-state index in [2.05, 4.69) is 5.32 Å². The van der Waals surface area contributed by atoms with E-state index in [1.54, 1.807) is 12.1 Å². The molecule has 4 nitrogen and oxygen atoms in total. The minimum Gasteiger partial charge on any atom is -0.457 e. The SMILES string of the molecule is Cc1ccc(-c2ccc(/C=C(/C#N)C(=O)Nc3cccc(C)c3)o2)cc1. The molecule has 0 bridgehead atoms. The lowest BCUT2D eigenvalue weighted by molar-refractivity contribution is -0.112. The Morgan fingerprint density at radius 3 is 2.50 bits per heavy atom. The summed E-state index contributed by atoms with van der Waals surface area (Å²) in [5.74, 6) is 0.676. The van der Waals surface area contributed by atoms with Crippen molar-refractivity contribution in [2.75, 3.05) is 5.32 Å². The van der Waals surface area contributed by atoms with E-state index in [9.17, 15) is 10.1 Å². The zero-order valence-electron chi connectivity index (χ0n) is 14.6. The monoisotopic (exact) mass is 342 g/mol. The summed E-state index contributed by atoms with van der Waals surface area (Å²) in [5, 5.41) is 12.1. The van der Waals surface area contributed by atoms with E-state index >= 15 is 0 Å². The van der Waals surface area contributed by atoms with Gasteiger partial charge >= 0.3 is 0 Å². The highest BCUT2D eigenvalue weighted by Gasteiger charge is 2.11. The van der Waals surface area contributed by atoms with Gasteiger partial charge in [0.2, 0.25) is 0 Å². The van der Waals surface area contributed by atoms with Crippen LogP contribution in [0.2, 0.25) is 0 Å². The Labute approximate surface area is 152 Å². The molecule has 4 heteroatoms. The van der Waals surface area contributed by atoms with E-state index in [0.29, 0.717) is 17.2 Å². The van der Waals surface area contributed by atoms with E-state index < -0.39 is 5.91 Å². The van der Waals surface area contributed by atoms with Crippen LogP contribution in [-0.4, -0.2) is 5.91 Å². The van der Waals surface area contributed by atoms with Gasteiger partial charge in [0.05, 0.1) is 0 Å². The van der Waals surface area contributed by atoms with Crippen LogP contribution in [-0.2, 0) is 4.79 Å². The summed E-state index contributed by atoms with van der Waals surface area (Å²) in [6, 6.07) is 20.8. The second-order valence-corrected chi connectivity index (χ2v) is 6.06. The summed E-state index contributed by atoms with van der Waals surface area (Å²) in [7, 11) is 0. The van der Waals surface area contributed by atoms with E-state index in [1.165, 1.54) is 11.6 Å². The number of nitrogens with zero attached hydrogens (tertiary/aromatic N) is 1.